The van der Waals surface area contributed by atoms with Crippen LogP contribution in [0.2, 0.25) is 0 Å². The van der Waals surface area contributed by atoms with Gasteiger partial charge in [-0.25, -0.2) is 4.98 Å². The molecule has 154 valence electrons. The number of aliphatic imine (C=N–C) groups is 1. The smallest absolute Gasteiger partial charge is 0.350 e. The van der Waals surface area contributed by atoms with Crippen LogP contribution in [0.5, 0.6) is 0 Å². The maximum atomic E-state index is 12.5. The van der Waals surface area contributed by atoms with E-state index in [4.69, 9.17) is 0 Å². The Balaban J connectivity index is 0.00000392. The Labute approximate surface area is 182 Å². The number of alkyl halides is 3. The van der Waals surface area contributed by atoms with Gasteiger partial charge < -0.3 is 16.0 Å². The minimum atomic E-state index is -4.46. The van der Waals surface area contributed by atoms with Crippen molar-refractivity contribution in [2.45, 2.75) is 26.1 Å². The molecule has 0 aliphatic rings. The molecular formula is C17H21F3IN5OS. The molecule has 0 radical (unpaired) electrons. The van der Waals surface area contributed by atoms with Gasteiger partial charge in [0.05, 0.1) is 13.1 Å². The van der Waals surface area contributed by atoms with Gasteiger partial charge in [-0.1, -0.05) is 19.1 Å². The van der Waals surface area contributed by atoms with Gasteiger partial charge in [0.25, 0.3) is 0 Å². The number of amides is 1. The molecule has 6 nitrogen and oxygen atoms in total. The van der Waals surface area contributed by atoms with Gasteiger partial charge in [-0.3, -0.25) is 9.79 Å². The van der Waals surface area contributed by atoms with Crippen LogP contribution in [0, 0.1) is 0 Å². The maximum absolute atomic E-state index is 12.5. The topological polar surface area (TPSA) is 78.4 Å². The third-order valence-electron chi connectivity index (χ3n) is 3.51. The van der Waals surface area contributed by atoms with Gasteiger partial charge in [0.15, 0.2) is 11.7 Å². The molecule has 0 atom stereocenters. The summed E-state index contributed by atoms with van der Waals surface area (Å²) < 4.78 is 37.6. The number of rotatable bonds is 6. The van der Waals surface area contributed by atoms with Crippen LogP contribution < -0.4 is 16.0 Å². The number of halogens is 4. The zero-order valence-electron chi connectivity index (χ0n) is 15.3. The zero-order chi connectivity index (χ0) is 19.9. The third kappa shape index (κ3) is 7.62. The van der Waals surface area contributed by atoms with Crippen LogP contribution in [0.15, 0.2) is 34.6 Å². The second-order valence-corrected chi connectivity index (χ2v) is 6.45. The highest BCUT2D eigenvalue weighted by molar-refractivity contribution is 14.0. The molecular weight excluding hydrogens is 506 g/mol. The maximum Gasteiger partial charge on any atom is 0.434 e. The molecule has 1 heterocycles. The third-order valence-corrected chi connectivity index (χ3v) is 4.36. The summed E-state index contributed by atoms with van der Waals surface area (Å²) >= 11 is 0.903. The Morgan fingerprint density at radius 1 is 1.29 bits per heavy atom. The van der Waals surface area contributed by atoms with Gasteiger partial charge in [-0.2, -0.15) is 13.2 Å². The molecule has 0 bridgehead atoms. The number of carbonyl (C=O) groups excluding carboxylic acids is 1. The van der Waals surface area contributed by atoms with E-state index in [0.717, 1.165) is 28.7 Å². The molecule has 2 rings (SSSR count). The van der Waals surface area contributed by atoms with Crippen molar-refractivity contribution >= 4 is 52.9 Å². The number of aromatic nitrogens is 1. The van der Waals surface area contributed by atoms with Crippen molar-refractivity contribution in [2.24, 2.45) is 4.99 Å². The first-order valence-electron chi connectivity index (χ1n) is 8.16. The van der Waals surface area contributed by atoms with E-state index in [0.29, 0.717) is 5.69 Å². The van der Waals surface area contributed by atoms with Crippen LogP contribution in [0.3, 0.4) is 0 Å². The summed E-state index contributed by atoms with van der Waals surface area (Å²) in [5.74, 6) is 0.0241. The van der Waals surface area contributed by atoms with Crippen LogP contribution in [-0.4, -0.2) is 30.4 Å². The molecule has 28 heavy (non-hydrogen) atoms. The second-order valence-electron chi connectivity index (χ2n) is 5.51. The first-order valence-corrected chi connectivity index (χ1v) is 9.04. The fourth-order valence-electron chi connectivity index (χ4n) is 2.14. The van der Waals surface area contributed by atoms with Gasteiger partial charge in [0, 0.05) is 18.1 Å². The van der Waals surface area contributed by atoms with Crippen molar-refractivity contribution in [3.05, 3.63) is 45.9 Å². The Bertz CT molecular complexity index is 810. The van der Waals surface area contributed by atoms with Crippen molar-refractivity contribution in [1.29, 1.82) is 0 Å². The Morgan fingerprint density at radius 3 is 2.64 bits per heavy atom. The standard InChI is InChI=1S/C17H20F3N5OS.HI/c1-3-11-5-4-6-12(7-11)24-14(26)8-22-16(21-2)23-9-15-25-13(10-27-15)17(18,19)20;/h4-7,10H,3,8-9H2,1-2H3,(H,24,26)(H2,21,22,23);1H. The Morgan fingerprint density at radius 2 is 2.04 bits per heavy atom. The van der Waals surface area contributed by atoms with E-state index < -0.39 is 11.9 Å². The van der Waals surface area contributed by atoms with Crippen molar-refractivity contribution in [1.82, 2.24) is 15.6 Å². The van der Waals surface area contributed by atoms with Crippen molar-refractivity contribution in [3.8, 4) is 0 Å². The summed E-state index contributed by atoms with van der Waals surface area (Å²) in [7, 11) is 1.50. The lowest BCUT2D eigenvalue weighted by molar-refractivity contribution is -0.140. The summed E-state index contributed by atoms with van der Waals surface area (Å²) in [5.41, 5.74) is 0.896. The van der Waals surface area contributed by atoms with E-state index in [1.807, 2.05) is 25.1 Å². The predicted octanol–water partition coefficient (Wildman–Crippen LogP) is 3.65. The highest BCUT2D eigenvalue weighted by Crippen LogP contribution is 2.29. The molecule has 0 unspecified atom stereocenters. The molecule has 3 N–H and O–H groups in total. The molecule has 0 aliphatic carbocycles. The molecule has 1 aromatic heterocycles. The highest BCUT2D eigenvalue weighted by atomic mass is 127. The Kier molecular flexibility index (Phi) is 9.65. The van der Waals surface area contributed by atoms with E-state index in [2.05, 4.69) is 25.9 Å². The average molecular weight is 527 g/mol. The lowest BCUT2D eigenvalue weighted by atomic mass is 10.1. The fourth-order valence-corrected chi connectivity index (χ4v) is 2.88. The average Bonchev–Trinajstić information content (AvgIpc) is 3.11. The monoisotopic (exact) mass is 527 g/mol. The molecule has 11 heteroatoms. The summed E-state index contributed by atoms with van der Waals surface area (Å²) in [5, 5.41) is 9.64. The van der Waals surface area contributed by atoms with Gasteiger partial charge in [0.1, 0.15) is 5.01 Å². The lowest BCUT2D eigenvalue weighted by Gasteiger charge is -2.11. The highest BCUT2D eigenvalue weighted by Gasteiger charge is 2.33. The molecule has 1 aromatic carbocycles. The number of aryl methyl sites for hydroxylation is 1. The number of benzene rings is 1. The minimum Gasteiger partial charge on any atom is -0.350 e. The number of nitrogens with zero attached hydrogens (tertiary/aromatic N) is 2. The first-order chi connectivity index (χ1) is 12.8. The molecule has 0 fully saturated rings. The molecule has 1 amide bonds. The number of hydrogen-bond acceptors (Lipinski definition) is 4. The molecule has 0 saturated carbocycles. The van der Waals surface area contributed by atoms with Crippen LogP contribution in [0.25, 0.3) is 0 Å². The minimum absolute atomic E-state index is 0. The number of hydrogen-bond donors (Lipinski definition) is 3. The number of thiazole rings is 1. The van der Waals surface area contributed by atoms with Gasteiger partial charge >= 0.3 is 6.18 Å². The van der Waals surface area contributed by atoms with Crippen molar-refractivity contribution in [3.63, 3.8) is 0 Å². The molecule has 2 aromatic rings. The van der Waals surface area contributed by atoms with E-state index >= 15 is 0 Å². The molecule has 0 aliphatic heterocycles. The number of guanidine groups is 1. The van der Waals surface area contributed by atoms with Crippen LogP contribution in [0.4, 0.5) is 18.9 Å². The molecule has 0 saturated heterocycles. The van der Waals surface area contributed by atoms with E-state index in [-0.39, 0.29) is 53.9 Å². The van der Waals surface area contributed by atoms with Crippen LogP contribution in [0.1, 0.15) is 23.2 Å². The van der Waals surface area contributed by atoms with Crippen molar-refractivity contribution in [2.75, 3.05) is 18.9 Å². The normalized spacial score (nSPS) is 11.5. The number of nitrogens with one attached hydrogen (secondary N) is 3. The molecule has 0 spiro atoms. The quantitative estimate of drug-likeness (QED) is 0.305. The van der Waals surface area contributed by atoms with Gasteiger partial charge in [0.2, 0.25) is 5.91 Å². The van der Waals surface area contributed by atoms with Crippen LogP contribution >= 0.6 is 35.3 Å². The van der Waals surface area contributed by atoms with Crippen LogP contribution in [-0.2, 0) is 23.9 Å². The van der Waals surface area contributed by atoms with E-state index in [9.17, 15) is 18.0 Å². The van der Waals surface area contributed by atoms with Gasteiger partial charge in [-0.15, -0.1) is 35.3 Å². The van der Waals surface area contributed by atoms with Crippen molar-refractivity contribution < 1.29 is 18.0 Å². The fraction of sp³-hybridized carbons (Fsp3) is 0.353. The number of anilines is 1. The SMILES string of the molecule is CCc1cccc(NC(=O)CNC(=NC)NCc2nc(C(F)(F)F)cs2)c1.I. The Hall–Kier alpha value is -1.89. The summed E-state index contributed by atoms with van der Waals surface area (Å²) in [6.45, 7) is 2.06. The second kappa shape index (κ2) is 11.2. The van der Waals surface area contributed by atoms with E-state index in [1.165, 1.54) is 7.05 Å². The van der Waals surface area contributed by atoms with Gasteiger partial charge in [-0.05, 0) is 24.1 Å². The summed E-state index contributed by atoms with van der Waals surface area (Å²) in [6, 6.07) is 7.53. The van der Waals surface area contributed by atoms with E-state index in [1.54, 1.807) is 6.07 Å². The predicted molar refractivity (Wildman–Crippen MR) is 115 cm³/mol. The summed E-state index contributed by atoms with van der Waals surface area (Å²) in [4.78, 5) is 19.5. The first kappa shape index (κ1) is 24.1. The number of carbonyl (C=O) groups is 1. The zero-order valence-corrected chi connectivity index (χ0v) is 18.4. The summed E-state index contributed by atoms with van der Waals surface area (Å²) in [6.07, 6.45) is -3.59. The largest absolute Gasteiger partial charge is 0.434 e. The lowest BCUT2D eigenvalue weighted by Crippen LogP contribution is -2.41.